The summed E-state index contributed by atoms with van der Waals surface area (Å²) in [6.45, 7) is 4.53. The molecule has 0 bridgehead atoms. The van der Waals surface area contributed by atoms with Crippen molar-refractivity contribution >= 4 is 12.0 Å². The van der Waals surface area contributed by atoms with E-state index < -0.39 is 0 Å². The van der Waals surface area contributed by atoms with E-state index in [2.05, 4.69) is 13.0 Å². The summed E-state index contributed by atoms with van der Waals surface area (Å²) < 4.78 is 5.39. The molecule has 2 aromatic rings. The van der Waals surface area contributed by atoms with Crippen LogP contribution in [-0.4, -0.2) is 17.9 Å². The van der Waals surface area contributed by atoms with Crippen molar-refractivity contribution in [2.45, 2.75) is 20.4 Å². The molecule has 1 aromatic heterocycles. The monoisotopic (exact) mass is 269 g/mol. The Balaban J connectivity index is 1.99. The molecule has 0 saturated heterocycles. The number of hydrogen-bond donors (Lipinski definition) is 0. The molecule has 0 aliphatic rings. The van der Waals surface area contributed by atoms with Gasteiger partial charge in [-0.3, -0.25) is 4.79 Å². The summed E-state index contributed by atoms with van der Waals surface area (Å²) in [5.74, 6) is 1.49. The van der Waals surface area contributed by atoms with Crippen LogP contribution >= 0.6 is 0 Å². The molecule has 104 valence electrons. The predicted octanol–water partition coefficient (Wildman–Crippen LogP) is 3.57. The first-order valence-electron chi connectivity index (χ1n) is 6.60. The Morgan fingerprint density at radius 1 is 1.20 bits per heavy atom. The third-order valence-corrected chi connectivity index (χ3v) is 3.20. The Morgan fingerprint density at radius 2 is 1.95 bits per heavy atom. The SMILES string of the molecule is Cc1ccc(/C=C/C(=O)N(C)Cc2ccccc2C)o1. The molecule has 1 aromatic carbocycles. The minimum Gasteiger partial charge on any atom is -0.462 e. The number of rotatable bonds is 4. The molecular weight excluding hydrogens is 250 g/mol. The van der Waals surface area contributed by atoms with Gasteiger partial charge in [-0.25, -0.2) is 0 Å². The normalized spacial score (nSPS) is 10.9. The van der Waals surface area contributed by atoms with Crippen LogP contribution < -0.4 is 0 Å². The van der Waals surface area contributed by atoms with Gasteiger partial charge in [0, 0.05) is 19.7 Å². The van der Waals surface area contributed by atoms with E-state index in [-0.39, 0.29) is 5.91 Å². The summed E-state index contributed by atoms with van der Waals surface area (Å²) >= 11 is 0. The molecule has 3 heteroatoms. The molecule has 0 spiro atoms. The standard InChI is InChI=1S/C17H19NO2/c1-13-6-4-5-7-15(13)12-18(3)17(19)11-10-16-9-8-14(2)20-16/h4-11H,12H2,1-3H3/b11-10+. The van der Waals surface area contributed by atoms with Crippen molar-refractivity contribution in [3.63, 3.8) is 0 Å². The van der Waals surface area contributed by atoms with Gasteiger partial charge in [0.1, 0.15) is 11.5 Å². The first-order chi connectivity index (χ1) is 9.56. The maximum atomic E-state index is 12.0. The topological polar surface area (TPSA) is 33.5 Å². The second-order valence-corrected chi connectivity index (χ2v) is 4.90. The van der Waals surface area contributed by atoms with E-state index in [1.165, 1.54) is 11.6 Å². The van der Waals surface area contributed by atoms with Crippen molar-refractivity contribution in [2.75, 3.05) is 7.05 Å². The van der Waals surface area contributed by atoms with Crippen LogP contribution in [0.3, 0.4) is 0 Å². The summed E-state index contributed by atoms with van der Waals surface area (Å²) in [7, 11) is 1.80. The number of likely N-dealkylation sites (N-methyl/N-ethyl adjacent to an activating group) is 1. The maximum absolute atomic E-state index is 12.0. The van der Waals surface area contributed by atoms with Gasteiger partial charge in [0.15, 0.2) is 0 Å². The van der Waals surface area contributed by atoms with Crippen molar-refractivity contribution in [2.24, 2.45) is 0 Å². The zero-order valence-electron chi connectivity index (χ0n) is 12.1. The van der Waals surface area contributed by atoms with Crippen molar-refractivity contribution in [3.05, 3.63) is 65.1 Å². The van der Waals surface area contributed by atoms with Gasteiger partial charge in [0.05, 0.1) is 0 Å². The number of furan rings is 1. The predicted molar refractivity (Wildman–Crippen MR) is 80.1 cm³/mol. The van der Waals surface area contributed by atoms with E-state index in [1.54, 1.807) is 18.0 Å². The fourth-order valence-electron chi connectivity index (χ4n) is 1.94. The largest absolute Gasteiger partial charge is 0.462 e. The number of benzene rings is 1. The van der Waals surface area contributed by atoms with E-state index in [9.17, 15) is 4.79 Å². The molecule has 0 saturated carbocycles. The van der Waals surface area contributed by atoms with Gasteiger partial charge in [0.25, 0.3) is 0 Å². The van der Waals surface area contributed by atoms with Crippen LogP contribution in [0.25, 0.3) is 6.08 Å². The summed E-state index contributed by atoms with van der Waals surface area (Å²) in [6.07, 6.45) is 3.24. The summed E-state index contributed by atoms with van der Waals surface area (Å²) in [4.78, 5) is 13.7. The molecule has 0 aliphatic carbocycles. The van der Waals surface area contributed by atoms with Crippen LogP contribution in [0.1, 0.15) is 22.6 Å². The number of nitrogens with zero attached hydrogens (tertiary/aromatic N) is 1. The Kier molecular flexibility index (Phi) is 4.41. The molecule has 0 N–H and O–H groups in total. The van der Waals surface area contributed by atoms with Gasteiger partial charge >= 0.3 is 0 Å². The molecule has 0 aliphatic heterocycles. The lowest BCUT2D eigenvalue weighted by atomic mass is 10.1. The number of amides is 1. The Labute approximate surface area is 119 Å². The maximum Gasteiger partial charge on any atom is 0.246 e. The van der Waals surface area contributed by atoms with E-state index in [4.69, 9.17) is 4.42 Å². The third-order valence-electron chi connectivity index (χ3n) is 3.20. The van der Waals surface area contributed by atoms with E-state index in [1.807, 2.05) is 37.3 Å². The van der Waals surface area contributed by atoms with Gasteiger partial charge in [0.2, 0.25) is 5.91 Å². The fourth-order valence-corrected chi connectivity index (χ4v) is 1.94. The van der Waals surface area contributed by atoms with Gasteiger partial charge in [-0.1, -0.05) is 24.3 Å². The average molecular weight is 269 g/mol. The van der Waals surface area contributed by atoms with Crippen LogP contribution in [0.4, 0.5) is 0 Å². The zero-order chi connectivity index (χ0) is 14.5. The fraction of sp³-hybridized carbons (Fsp3) is 0.235. The quantitative estimate of drug-likeness (QED) is 0.795. The molecule has 0 radical (unpaired) electrons. The van der Waals surface area contributed by atoms with Crippen LogP contribution in [0.5, 0.6) is 0 Å². The molecule has 2 rings (SSSR count). The molecule has 1 heterocycles. The lowest BCUT2D eigenvalue weighted by Crippen LogP contribution is -2.24. The van der Waals surface area contributed by atoms with Crippen molar-refractivity contribution < 1.29 is 9.21 Å². The Bertz CT molecular complexity index is 625. The van der Waals surface area contributed by atoms with Crippen LogP contribution in [0.15, 0.2) is 46.9 Å². The third kappa shape index (κ3) is 3.60. The molecular formula is C17H19NO2. The summed E-state index contributed by atoms with van der Waals surface area (Å²) in [5, 5.41) is 0. The van der Waals surface area contributed by atoms with Gasteiger partial charge in [-0.15, -0.1) is 0 Å². The highest BCUT2D eigenvalue weighted by Gasteiger charge is 2.07. The van der Waals surface area contributed by atoms with E-state index in [0.29, 0.717) is 12.3 Å². The first-order valence-corrected chi connectivity index (χ1v) is 6.60. The minimum atomic E-state index is -0.0395. The highest BCUT2D eigenvalue weighted by Crippen LogP contribution is 2.11. The lowest BCUT2D eigenvalue weighted by molar-refractivity contribution is -0.125. The van der Waals surface area contributed by atoms with Crippen molar-refractivity contribution in [1.29, 1.82) is 0 Å². The van der Waals surface area contributed by atoms with Gasteiger partial charge in [-0.05, 0) is 43.2 Å². The molecule has 20 heavy (non-hydrogen) atoms. The number of carbonyl (C=O) groups is 1. The van der Waals surface area contributed by atoms with Crippen molar-refractivity contribution in [1.82, 2.24) is 4.90 Å². The summed E-state index contributed by atoms with van der Waals surface area (Å²) in [6, 6.07) is 11.8. The highest BCUT2D eigenvalue weighted by atomic mass is 16.3. The molecule has 0 fully saturated rings. The molecule has 3 nitrogen and oxygen atoms in total. The van der Waals surface area contributed by atoms with Crippen LogP contribution in [-0.2, 0) is 11.3 Å². The first kappa shape index (κ1) is 14.1. The summed E-state index contributed by atoms with van der Waals surface area (Å²) in [5.41, 5.74) is 2.35. The molecule has 0 unspecified atom stereocenters. The number of carbonyl (C=O) groups excluding carboxylic acids is 1. The lowest BCUT2D eigenvalue weighted by Gasteiger charge is -2.16. The number of hydrogen-bond acceptors (Lipinski definition) is 2. The Hall–Kier alpha value is -2.29. The minimum absolute atomic E-state index is 0.0395. The zero-order valence-corrected chi connectivity index (χ0v) is 12.1. The van der Waals surface area contributed by atoms with Crippen molar-refractivity contribution in [3.8, 4) is 0 Å². The van der Waals surface area contributed by atoms with Crippen LogP contribution in [0.2, 0.25) is 0 Å². The van der Waals surface area contributed by atoms with Gasteiger partial charge in [-0.2, -0.15) is 0 Å². The number of aryl methyl sites for hydroxylation is 2. The van der Waals surface area contributed by atoms with Gasteiger partial charge < -0.3 is 9.32 Å². The average Bonchev–Trinajstić information content (AvgIpc) is 2.84. The molecule has 1 amide bonds. The highest BCUT2D eigenvalue weighted by molar-refractivity contribution is 5.91. The second kappa shape index (κ2) is 6.24. The second-order valence-electron chi connectivity index (χ2n) is 4.90. The van der Waals surface area contributed by atoms with Crippen LogP contribution in [0, 0.1) is 13.8 Å². The molecule has 0 atom stereocenters. The smallest absolute Gasteiger partial charge is 0.246 e. The van der Waals surface area contributed by atoms with E-state index in [0.717, 1.165) is 11.3 Å². The Morgan fingerprint density at radius 3 is 2.60 bits per heavy atom. The van der Waals surface area contributed by atoms with E-state index >= 15 is 0 Å².